The fourth-order valence-corrected chi connectivity index (χ4v) is 1.09. The Kier molecular flexibility index (Phi) is 3.01. The van der Waals surface area contributed by atoms with Crippen molar-refractivity contribution in [1.29, 1.82) is 0 Å². The maximum absolute atomic E-state index is 9.66. The zero-order chi connectivity index (χ0) is 9.90. The lowest BCUT2D eigenvalue weighted by molar-refractivity contribution is 0.0737. The molecule has 0 atom stereocenters. The van der Waals surface area contributed by atoms with Crippen LogP contribution in [0.4, 0.5) is 0 Å². The van der Waals surface area contributed by atoms with Gasteiger partial charge in [-0.05, 0) is 38.0 Å². The van der Waals surface area contributed by atoms with Gasteiger partial charge < -0.3 is 10.2 Å². The van der Waals surface area contributed by atoms with Crippen LogP contribution in [0.1, 0.15) is 25.1 Å². The molecule has 0 bridgehead atoms. The number of aliphatic hydroxyl groups is 2. The highest BCUT2D eigenvalue weighted by molar-refractivity contribution is 5.20. The van der Waals surface area contributed by atoms with E-state index in [9.17, 15) is 5.11 Å². The Bertz CT molecular complexity index is 278. The van der Waals surface area contributed by atoms with Crippen molar-refractivity contribution in [2.75, 3.05) is 6.61 Å². The molecule has 0 spiro atoms. The maximum Gasteiger partial charge on any atom is 0.101 e. The van der Waals surface area contributed by atoms with Crippen LogP contribution < -0.4 is 0 Å². The molecule has 0 fully saturated rings. The van der Waals surface area contributed by atoms with Crippen LogP contribution in [0, 0.1) is 0 Å². The molecule has 0 radical (unpaired) electrons. The molecule has 0 aromatic carbocycles. The molecule has 1 aromatic heterocycles. The van der Waals surface area contributed by atoms with Crippen molar-refractivity contribution in [3.63, 3.8) is 0 Å². The van der Waals surface area contributed by atoms with Crippen LogP contribution in [0.2, 0.25) is 0 Å². The number of rotatable bonds is 3. The van der Waals surface area contributed by atoms with E-state index in [1.54, 1.807) is 20.0 Å². The van der Waals surface area contributed by atoms with Gasteiger partial charge in [-0.25, -0.2) is 0 Å². The van der Waals surface area contributed by atoms with Crippen LogP contribution in [0.5, 0.6) is 0 Å². The zero-order valence-corrected chi connectivity index (χ0v) is 7.99. The van der Waals surface area contributed by atoms with E-state index < -0.39 is 5.60 Å². The Labute approximate surface area is 78.1 Å². The summed E-state index contributed by atoms with van der Waals surface area (Å²) in [6, 6.07) is 3.65. The van der Waals surface area contributed by atoms with Crippen molar-refractivity contribution in [3.8, 4) is 0 Å². The fraction of sp³-hybridized carbons (Fsp3) is 0.500. The zero-order valence-electron chi connectivity index (χ0n) is 7.99. The van der Waals surface area contributed by atoms with Crippen molar-refractivity contribution >= 4 is 0 Å². The molecule has 0 aliphatic heterocycles. The van der Waals surface area contributed by atoms with Gasteiger partial charge in [0, 0.05) is 12.8 Å². The van der Waals surface area contributed by atoms with E-state index >= 15 is 0 Å². The molecule has 2 N–H and O–H groups in total. The molecule has 0 unspecified atom stereocenters. The lowest BCUT2D eigenvalue weighted by Crippen LogP contribution is -2.17. The molecule has 0 aliphatic carbocycles. The summed E-state index contributed by atoms with van der Waals surface area (Å²) in [7, 11) is 0. The Morgan fingerprint density at radius 2 is 2.15 bits per heavy atom. The summed E-state index contributed by atoms with van der Waals surface area (Å²) >= 11 is 0. The van der Waals surface area contributed by atoms with E-state index in [-0.39, 0.29) is 6.61 Å². The van der Waals surface area contributed by atoms with Crippen LogP contribution >= 0.6 is 0 Å². The van der Waals surface area contributed by atoms with E-state index in [1.165, 1.54) is 0 Å². The summed E-state index contributed by atoms with van der Waals surface area (Å²) < 4.78 is 0. The molecule has 0 saturated heterocycles. The Morgan fingerprint density at radius 3 is 2.69 bits per heavy atom. The molecule has 0 aliphatic rings. The van der Waals surface area contributed by atoms with E-state index in [4.69, 9.17) is 5.11 Å². The molecule has 1 aromatic rings. The second-order valence-corrected chi connectivity index (χ2v) is 3.58. The Balaban J connectivity index is 2.92. The minimum Gasteiger partial charge on any atom is -0.396 e. The third-order valence-corrected chi connectivity index (χ3v) is 1.85. The molecular formula is C10H15NO2. The average Bonchev–Trinajstić information content (AvgIpc) is 2.04. The van der Waals surface area contributed by atoms with Gasteiger partial charge in [0.2, 0.25) is 0 Å². The van der Waals surface area contributed by atoms with E-state index in [0.717, 1.165) is 5.56 Å². The van der Waals surface area contributed by atoms with Gasteiger partial charge in [0.05, 0.1) is 5.69 Å². The maximum atomic E-state index is 9.66. The molecule has 1 rings (SSSR count). The minimum atomic E-state index is -0.911. The minimum absolute atomic E-state index is 0.120. The Morgan fingerprint density at radius 1 is 1.46 bits per heavy atom. The van der Waals surface area contributed by atoms with Gasteiger partial charge in [-0.15, -0.1) is 0 Å². The van der Waals surface area contributed by atoms with Crippen molar-refractivity contribution < 1.29 is 10.2 Å². The van der Waals surface area contributed by atoms with Gasteiger partial charge in [-0.2, -0.15) is 0 Å². The first-order valence-electron chi connectivity index (χ1n) is 4.32. The summed E-state index contributed by atoms with van der Waals surface area (Å²) in [6.45, 7) is 3.51. The first-order valence-corrected chi connectivity index (χ1v) is 4.32. The monoisotopic (exact) mass is 181 g/mol. The highest BCUT2D eigenvalue weighted by Gasteiger charge is 2.17. The van der Waals surface area contributed by atoms with Crippen LogP contribution in [0.25, 0.3) is 0 Å². The van der Waals surface area contributed by atoms with Crippen LogP contribution in [0.3, 0.4) is 0 Å². The number of hydrogen-bond donors (Lipinski definition) is 2. The third-order valence-electron chi connectivity index (χ3n) is 1.85. The number of nitrogens with zero attached hydrogens (tertiary/aromatic N) is 1. The predicted octanol–water partition coefficient (Wildman–Crippen LogP) is 0.844. The summed E-state index contributed by atoms with van der Waals surface area (Å²) in [6.07, 6.45) is 2.25. The molecule has 1 heterocycles. The highest BCUT2D eigenvalue weighted by Crippen LogP contribution is 2.17. The van der Waals surface area contributed by atoms with Gasteiger partial charge in [-0.3, -0.25) is 4.98 Å². The van der Waals surface area contributed by atoms with Gasteiger partial charge in [0.15, 0.2) is 0 Å². The number of aliphatic hydroxyl groups excluding tert-OH is 1. The van der Waals surface area contributed by atoms with Crippen LogP contribution in [-0.2, 0) is 12.0 Å². The van der Waals surface area contributed by atoms with E-state index in [1.807, 2.05) is 12.1 Å². The summed E-state index contributed by atoms with van der Waals surface area (Å²) in [5.41, 5.74) is 0.721. The largest absolute Gasteiger partial charge is 0.396 e. The van der Waals surface area contributed by atoms with E-state index in [2.05, 4.69) is 4.98 Å². The van der Waals surface area contributed by atoms with Crippen LogP contribution in [0.15, 0.2) is 18.3 Å². The van der Waals surface area contributed by atoms with Crippen LogP contribution in [-0.4, -0.2) is 21.8 Å². The quantitative estimate of drug-likeness (QED) is 0.726. The molecule has 0 amide bonds. The fourth-order valence-electron chi connectivity index (χ4n) is 1.09. The van der Waals surface area contributed by atoms with Crippen molar-refractivity contribution in [1.82, 2.24) is 4.98 Å². The first kappa shape index (κ1) is 10.2. The van der Waals surface area contributed by atoms with Crippen molar-refractivity contribution in [2.45, 2.75) is 25.9 Å². The molecule has 3 nitrogen and oxygen atoms in total. The molecular weight excluding hydrogens is 166 g/mol. The average molecular weight is 181 g/mol. The lowest BCUT2D eigenvalue weighted by atomic mass is 10.0. The highest BCUT2D eigenvalue weighted by atomic mass is 16.3. The normalized spacial score (nSPS) is 11.7. The second kappa shape index (κ2) is 3.85. The number of aromatic nitrogens is 1. The number of pyridine rings is 1. The predicted molar refractivity (Wildman–Crippen MR) is 50.3 cm³/mol. The Hall–Kier alpha value is -0.930. The first-order chi connectivity index (χ1) is 6.04. The summed E-state index contributed by atoms with van der Waals surface area (Å²) in [5, 5.41) is 18.4. The molecule has 3 heteroatoms. The van der Waals surface area contributed by atoms with E-state index in [0.29, 0.717) is 12.1 Å². The second-order valence-electron chi connectivity index (χ2n) is 3.58. The smallest absolute Gasteiger partial charge is 0.101 e. The van der Waals surface area contributed by atoms with Crippen molar-refractivity contribution in [2.24, 2.45) is 0 Å². The van der Waals surface area contributed by atoms with Crippen molar-refractivity contribution in [3.05, 3.63) is 29.6 Å². The lowest BCUT2D eigenvalue weighted by Gasteiger charge is -2.16. The van der Waals surface area contributed by atoms with Gasteiger partial charge in [-0.1, -0.05) is 0 Å². The van der Waals surface area contributed by atoms with Gasteiger partial charge in [0.1, 0.15) is 5.60 Å². The third kappa shape index (κ3) is 2.79. The van der Waals surface area contributed by atoms with Gasteiger partial charge >= 0.3 is 0 Å². The molecule has 0 saturated carbocycles. The topological polar surface area (TPSA) is 53.4 Å². The summed E-state index contributed by atoms with van der Waals surface area (Å²) in [5.74, 6) is 0. The summed E-state index contributed by atoms with van der Waals surface area (Å²) in [4.78, 5) is 4.06. The number of hydrogen-bond acceptors (Lipinski definition) is 3. The molecule has 72 valence electrons. The SMILES string of the molecule is CC(C)(O)c1cc(CCO)ccn1. The standard InChI is InChI=1S/C10H15NO2/c1-10(2,13)9-7-8(4-6-12)3-5-11-9/h3,5,7,12-13H,4,6H2,1-2H3. The molecule has 13 heavy (non-hydrogen) atoms. The van der Waals surface area contributed by atoms with Gasteiger partial charge in [0.25, 0.3) is 0 Å².